The summed E-state index contributed by atoms with van der Waals surface area (Å²) in [7, 11) is 0. The average molecular weight is 243 g/mol. The smallest absolute Gasteiger partial charge is 0.128 e. The van der Waals surface area contributed by atoms with Crippen molar-refractivity contribution in [2.75, 3.05) is 5.32 Å². The van der Waals surface area contributed by atoms with Crippen molar-refractivity contribution in [3.63, 3.8) is 0 Å². The Kier molecular flexibility index (Phi) is 3.66. The van der Waals surface area contributed by atoms with Gasteiger partial charge in [-0.3, -0.25) is 0 Å². The second-order valence-electron chi connectivity index (χ2n) is 4.77. The van der Waals surface area contributed by atoms with Gasteiger partial charge in [0.1, 0.15) is 5.82 Å². The van der Waals surface area contributed by atoms with Crippen molar-refractivity contribution in [1.29, 1.82) is 0 Å². The van der Waals surface area contributed by atoms with Crippen molar-refractivity contribution in [3.05, 3.63) is 64.5 Å². The summed E-state index contributed by atoms with van der Waals surface area (Å²) in [6.07, 6.45) is 0. The SMILES string of the molecule is Cc1ccc(F)c(CNc2cc(C)ccc2C)c1. The molecule has 0 aliphatic heterocycles. The summed E-state index contributed by atoms with van der Waals surface area (Å²) >= 11 is 0. The van der Waals surface area contributed by atoms with Crippen LogP contribution < -0.4 is 5.32 Å². The van der Waals surface area contributed by atoms with E-state index in [9.17, 15) is 4.39 Å². The van der Waals surface area contributed by atoms with Gasteiger partial charge in [-0.05, 0) is 44.0 Å². The van der Waals surface area contributed by atoms with Crippen molar-refractivity contribution in [3.8, 4) is 0 Å². The van der Waals surface area contributed by atoms with E-state index in [4.69, 9.17) is 0 Å². The van der Waals surface area contributed by atoms with E-state index in [0.717, 1.165) is 11.3 Å². The maximum absolute atomic E-state index is 13.6. The maximum atomic E-state index is 13.6. The molecule has 2 heteroatoms. The summed E-state index contributed by atoms with van der Waals surface area (Å²) < 4.78 is 13.6. The van der Waals surface area contributed by atoms with Crippen LogP contribution in [0.1, 0.15) is 22.3 Å². The topological polar surface area (TPSA) is 12.0 Å². The van der Waals surface area contributed by atoms with Crippen molar-refractivity contribution in [2.24, 2.45) is 0 Å². The monoisotopic (exact) mass is 243 g/mol. The first-order valence-corrected chi connectivity index (χ1v) is 6.12. The molecule has 0 aliphatic carbocycles. The molecule has 94 valence electrons. The van der Waals surface area contributed by atoms with Crippen LogP contribution in [0.4, 0.5) is 10.1 Å². The first-order valence-electron chi connectivity index (χ1n) is 6.12. The Morgan fingerprint density at radius 3 is 2.39 bits per heavy atom. The molecule has 2 aromatic rings. The maximum Gasteiger partial charge on any atom is 0.128 e. The van der Waals surface area contributed by atoms with Gasteiger partial charge >= 0.3 is 0 Å². The summed E-state index contributed by atoms with van der Waals surface area (Å²) in [4.78, 5) is 0. The predicted octanol–water partition coefficient (Wildman–Crippen LogP) is 4.36. The fourth-order valence-corrected chi connectivity index (χ4v) is 1.96. The zero-order valence-corrected chi connectivity index (χ0v) is 11.0. The van der Waals surface area contributed by atoms with Gasteiger partial charge in [0.2, 0.25) is 0 Å². The zero-order valence-electron chi connectivity index (χ0n) is 11.0. The molecule has 2 aromatic carbocycles. The lowest BCUT2D eigenvalue weighted by Gasteiger charge is -2.11. The lowest BCUT2D eigenvalue weighted by atomic mass is 10.1. The Morgan fingerprint density at radius 2 is 1.61 bits per heavy atom. The molecular formula is C16H18FN. The van der Waals surface area contributed by atoms with Gasteiger partial charge < -0.3 is 5.32 Å². The van der Waals surface area contributed by atoms with Crippen molar-refractivity contribution in [2.45, 2.75) is 27.3 Å². The molecule has 1 N–H and O–H groups in total. The molecule has 0 amide bonds. The fraction of sp³-hybridized carbons (Fsp3) is 0.250. The highest BCUT2D eigenvalue weighted by Crippen LogP contribution is 2.18. The van der Waals surface area contributed by atoms with E-state index in [2.05, 4.69) is 30.4 Å². The molecular weight excluding hydrogens is 225 g/mol. The normalized spacial score (nSPS) is 10.4. The highest BCUT2D eigenvalue weighted by molar-refractivity contribution is 5.52. The highest BCUT2D eigenvalue weighted by Gasteiger charge is 2.03. The first-order chi connectivity index (χ1) is 8.56. The molecule has 0 saturated heterocycles. The van der Waals surface area contributed by atoms with Crippen LogP contribution in [-0.2, 0) is 6.54 Å². The Bertz CT molecular complexity index is 510. The molecule has 0 fully saturated rings. The van der Waals surface area contributed by atoms with E-state index in [0.29, 0.717) is 12.1 Å². The first kappa shape index (κ1) is 12.6. The van der Waals surface area contributed by atoms with Crippen LogP contribution in [0.25, 0.3) is 0 Å². The van der Waals surface area contributed by atoms with Gasteiger partial charge in [-0.1, -0.05) is 29.8 Å². The van der Waals surface area contributed by atoms with Crippen molar-refractivity contribution >= 4 is 5.69 Å². The van der Waals surface area contributed by atoms with Gasteiger partial charge in [0.05, 0.1) is 0 Å². The average Bonchev–Trinajstić information content (AvgIpc) is 2.34. The van der Waals surface area contributed by atoms with Gasteiger partial charge in [-0.15, -0.1) is 0 Å². The molecule has 1 nitrogen and oxygen atoms in total. The number of anilines is 1. The van der Waals surface area contributed by atoms with E-state index in [1.807, 2.05) is 19.9 Å². The number of aryl methyl sites for hydroxylation is 3. The predicted molar refractivity (Wildman–Crippen MR) is 74.4 cm³/mol. The largest absolute Gasteiger partial charge is 0.381 e. The number of halogens is 1. The molecule has 0 heterocycles. The van der Waals surface area contributed by atoms with Crippen molar-refractivity contribution < 1.29 is 4.39 Å². The van der Waals surface area contributed by atoms with Crippen LogP contribution in [-0.4, -0.2) is 0 Å². The molecule has 0 saturated carbocycles. The Balaban J connectivity index is 2.16. The molecule has 0 atom stereocenters. The number of benzene rings is 2. The van der Waals surface area contributed by atoms with Gasteiger partial charge in [0, 0.05) is 17.8 Å². The Labute approximate surface area is 108 Å². The summed E-state index contributed by atoms with van der Waals surface area (Å²) in [6.45, 7) is 6.59. The summed E-state index contributed by atoms with van der Waals surface area (Å²) in [5.74, 6) is -0.154. The molecule has 0 aliphatic rings. The number of nitrogens with one attached hydrogen (secondary N) is 1. The van der Waals surface area contributed by atoms with Crippen LogP contribution in [0, 0.1) is 26.6 Å². The second-order valence-corrected chi connectivity index (χ2v) is 4.77. The van der Waals surface area contributed by atoms with E-state index in [1.54, 1.807) is 6.07 Å². The molecule has 2 rings (SSSR count). The van der Waals surface area contributed by atoms with Crippen LogP contribution >= 0.6 is 0 Å². The molecule has 0 spiro atoms. The number of hydrogen-bond acceptors (Lipinski definition) is 1. The zero-order chi connectivity index (χ0) is 13.1. The van der Waals surface area contributed by atoms with Crippen LogP contribution in [0.2, 0.25) is 0 Å². The summed E-state index contributed by atoms with van der Waals surface area (Å²) in [5.41, 5.74) is 5.22. The Morgan fingerprint density at radius 1 is 0.944 bits per heavy atom. The van der Waals surface area contributed by atoms with E-state index < -0.39 is 0 Å². The minimum absolute atomic E-state index is 0.154. The van der Waals surface area contributed by atoms with Gasteiger partial charge in [-0.2, -0.15) is 0 Å². The van der Waals surface area contributed by atoms with Crippen LogP contribution in [0.3, 0.4) is 0 Å². The second kappa shape index (κ2) is 5.21. The quantitative estimate of drug-likeness (QED) is 0.844. The van der Waals surface area contributed by atoms with Crippen LogP contribution in [0.15, 0.2) is 36.4 Å². The third-order valence-corrected chi connectivity index (χ3v) is 3.06. The van der Waals surface area contributed by atoms with E-state index in [1.165, 1.54) is 17.2 Å². The third kappa shape index (κ3) is 2.89. The molecule has 0 bridgehead atoms. The molecule has 0 aromatic heterocycles. The molecule has 0 radical (unpaired) electrons. The van der Waals surface area contributed by atoms with Gasteiger partial charge in [0.25, 0.3) is 0 Å². The molecule has 18 heavy (non-hydrogen) atoms. The van der Waals surface area contributed by atoms with Crippen molar-refractivity contribution in [1.82, 2.24) is 0 Å². The summed E-state index contributed by atoms with van der Waals surface area (Å²) in [5, 5.41) is 3.30. The van der Waals surface area contributed by atoms with E-state index >= 15 is 0 Å². The lowest BCUT2D eigenvalue weighted by Crippen LogP contribution is -2.03. The number of hydrogen-bond donors (Lipinski definition) is 1. The summed E-state index contributed by atoms with van der Waals surface area (Å²) in [6, 6.07) is 11.4. The van der Waals surface area contributed by atoms with Gasteiger partial charge in [-0.25, -0.2) is 4.39 Å². The number of rotatable bonds is 3. The minimum atomic E-state index is -0.154. The minimum Gasteiger partial charge on any atom is -0.381 e. The van der Waals surface area contributed by atoms with E-state index in [-0.39, 0.29) is 5.82 Å². The lowest BCUT2D eigenvalue weighted by molar-refractivity contribution is 0.612. The Hall–Kier alpha value is -1.83. The van der Waals surface area contributed by atoms with Crippen LogP contribution in [0.5, 0.6) is 0 Å². The highest BCUT2D eigenvalue weighted by atomic mass is 19.1. The fourth-order valence-electron chi connectivity index (χ4n) is 1.96. The standard InChI is InChI=1S/C16H18FN/c1-11-5-7-15(17)14(8-11)10-18-16-9-12(2)4-6-13(16)3/h4-9,18H,10H2,1-3H3. The molecule has 0 unspecified atom stereocenters. The third-order valence-electron chi connectivity index (χ3n) is 3.06. The van der Waals surface area contributed by atoms with Gasteiger partial charge in [0.15, 0.2) is 0 Å².